The summed E-state index contributed by atoms with van der Waals surface area (Å²) in [4.78, 5) is 5.34. The van der Waals surface area contributed by atoms with Gasteiger partial charge in [-0.15, -0.1) is 0 Å². The summed E-state index contributed by atoms with van der Waals surface area (Å²) in [7, 11) is -2.73. The fourth-order valence-electron chi connectivity index (χ4n) is 6.53. The lowest BCUT2D eigenvalue weighted by atomic mass is 9.90. The van der Waals surface area contributed by atoms with Crippen molar-refractivity contribution in [3.63, 3.8) is 0 Å². The van der Waals surface area contributed by atoms with Crippen LogP contribution in [-0.2, 0) is 6.42 Å². The Morgan fingerprint density at radius 2 is 1.23 bits per heavy atom. The first kappa shape index (κ1) is 25.4. The van der Waals surface area contributed by atoms with E-state index in [1.807, 2.05) is 97.1 Å². The van der Waals surface area contributed by atoms with Crippen LogP contribution < -0.4 is 0 Å². The van der Waals surface area contributed by atoms with E-state index in [2.05, 4.69) is 36.4 Å². The van der Waals surface area contributed by atoms with Crippen molar-refractivity contribution in [3.8, 4) is 0 Å². The van der Waals surface area contributed by atoms with Crippen LogP contribution in [0.1, 0.15) is 27.9 Å². The molecule has 43 heavy (non-hydrogen) atoms. The molecule has 0 N–H and O–H groups in total. The fraction of sp³-hybridized carbons (Fsp3) is 0.0263. The highest BCUT2D eigenvalue weighted by molar-refractivity contribution is 6.42. The van der Waals surface area contributed by atoms with Crippen molar-refractivity contribution in [3.05, 3.63) is 168 Å². The molecule has 1 aliphatic rings. The second-order valence-corrected chi connectivity index (χ2v) is 10.9. The molecule has 0 saturated heterocycles. The van der Waals surface area contributed by atoms with Gasteiger partial charge in [-0.05, 0) is 32.7 Å². The van der Waals surface area contributed by atoms with Crippen molar-refractivity contribution in [1.82, 2.24) is 4.48 Å². The van der Waals surface area contributed by atoms with Crippen molar-refractivity contribution in [2.24, 2.45) is 4.99 Å². The Kier molecular flexibility index (Phi) is 6.04. The Balaban J connectivity index is 1.50. The molecule has 1 aromatic heterocycles. The van der Waals surface area contributed by atoms with E-state index in [1.54, 1.807) is 6.20 Å². The van der Waals surface area contributed by atoms with Crippen LogP contribution in [0.15, 0.2) is 145 Å². The lowest BCUT2D eigenvalue weighted by molar-refractivity contribution is 0.629. The molecule has 0 amide bonds. The number of hydrogen-bond donors (Lipinski definition) is 0. The predicted molar refractivity (Wildman–Crippen MR) is 176 cm³/mol. The standard InChI is InChI=1S/C38H25BF2N2/c40-39(41)43-24-33-29-17-9-7-13-26(29)19-21-31(33)38(43)35(28-15-5-2-6-16-28)37-32-22-20-27-14-8-10-18-30(27)36(32)34(42-37)23-25-11-3-1-4-12-25/h1-22,24H,23H2/b37-35-. The third kappa shape index (κ3) is 4.19. The first-order valence-corrected chi connectivity index (χ1v) is 14.4. The Morgan fingerprint density at radius 3 is 1.98 bits per heavy atom. The molecular formula is C38H25BF2N2. The van der Waals surface area contributed by atoms with E-state index in [0.29, 0.717) is 23.4 Å². The highest BCUT2D eigenvalue weighted by Gasteiger charge is 2.31. The quantitative estimate of drug-likeness (QED) is 0.187. The van der Waals surface area contributed by atoms with Crippen LogP contribution >= 0.6 is 0 Å². The smallest absolute Gasteiger partial charge is 0.331 e. The first-order valence-electron chi connectivity index (χ1n) is 14.4. The van der Waals surface area contributed by atoms with Gasteiger partial charge in [0.15, 0.2) is 0 Å². The van der Waals surface area contributed by atoms with Crippen LogP contribution in [0.2, 0.25) is 0 Å². The molecule has 7 aromatic rings. The average Bonchev–Trinajstić information content (AvgIpc) is 3.62. The molecule has 0 radical (unpaired) electrons. The molecule has 0 atom stereocenters. The maximum Gasteiger partial charge on any atom is 0.677 e. The average molecular weight is 558 g/mol. The number of aliphatic imine (C=N–C) groups is 1. The van der Waals surface area contributed by atoms with Crippen LogP contribution in [0.25, 0.3) is 43.6 Å². The van der Waals surface area contributed by atoms with E-state index in [0.717, 1.165) is 64.8 Å². The Hall–Kier alpha value is -5.29. The Labute approximate surface area is 248 Å². The van der Waals surface area contributed by atoms with Crippen molar-refractivity contribution in [2.75, 3.05) is 0 Å². The van der Waals surface area contributed by atoms with Gasteiger partial charge in [0.1, 0.15) is 0 Å². The summed E-state index contributed by atoms with van der Waals surface area (Å²) in [6.07, 6.45) is 2.24. The molecule has 0 spiro atoms. The third-order valence-electron chi connectivity index (χ3n) is 8.43. The maximum absolute atomic E-state index is 15.0. The summed E-state index contributed by atoms with van der Waals surface area (Å²) in [5, 5.41) is 5.77. The van der Waals surface area contributed by atoms with Gasteiger partial charge in [-0.3, -0.25) is 13.6 Å². The number of halogens is 2. The molecule has 2 heterocycles. The number of nitrogens with zero attached hydrogens (tertiary/aromatic N) is 2. The van der Waals surface area contributed by atoms with Gasteiger partial charge < -0.3 is 4.48 Å². The van der Waals surface area contributed by atoms with E-state index in [9.17, 15) is 0 Å². The van der Waals surface area contributed by atoms with E-state index in [1.165, 1.54) is 0 Å². The van der Waals surface area contributed by atoms with Crippen molar-refractivity contribution >= 4 is 56.7 Å². The van der Waals surface area contributed by atoms with Gasteiger partial charge in [0.25, 0.3) is 0 Å². The van der Waals surface area contributed by atoms with Gasteiger partial charge in [-0.2, -0.15) is 0 Å². The molecule has 0 saturated carbocycles. The monoisotopic (exact) mass is 558 g/mol. The van der Waals surface area contributed by atoms with Crippen LogP contribution in [0.4, 0.5) is 8.63 Å². The summed E-state index contributed by atoms with van der Waals surface area (Å²) in [5.74, 6) is 0. The molecule has 1 aliphatic heterocycles. The second kappa shape index (κ2) is 10.2. The minimum atomic E-state index is -2.73. The summed E-state index contributed by atoms with van der Waals surface area (Å²) in [5.41, 5.74) is 6.84. The highest BCUT2D eigenvalue weighted by atomic mass is 19.2. The van der Waals surface area contributed by atoms with Crippen molar-refractivity contribution in [1.29, 1.82) is 0 Å². The number of hydrogen-bond acceptors (Lipinski definition) is 1. The normalized spacial score (nSPS) is 13.9. The topological polar surface area (TPSA) is 17.3 Å². The van der Waals surface area contributed by atoms with E-state index in [-0.39, 0.29) is 0 Å². The van der Waals surface area contributed by atoms with Crippen LogP contribution in [0, 0.1) is 0 Å². The van der Waals surface area contributed by atoms with Crippen LogP contribution in [0.3, 0.4) is 0 Å². The minimum absolute atomic E-state index is 0.473. The second-order valence-electron chi connectivity index (χ2n) is 10.9. The molecule has 8 rings (SSSR count). The number of rotatable bonds is 5. The fourth-order valence-corrected chi connectivity index (χ4v) is 6.53. The van der Waals surface area contributed by atoms with E-state index >= 15 is 8.63 Å². The zero-order valence-corrected chi connectivity index (χ0v) is 23.2. The molecule has 0 aliphatic carbocycles. The van der Waals surface area contributed by atoms with Crippen LogP contribution in [0.5, 0.6) is 0 Å². The lowest BCUT2D eigenvalue weighted by Gasteiger charge is -2.15. The molecule has 0 bridgehead atoms. The maximum atomic E-state index is 15.0. The summed E-state index contributed by atoms with van der Waals surface area (Å²) in [6, 6.07) is 44.6. The molecule has 0 fully saturated rings. The molecule has 5 heteroatoms. The first-order chi connectivity index (χ1) is 21.2. The number of benzene rings is 6. The summed E-state index contributed by atoms with van der Waals surface area (Å²) in [6.45, 7) is 0. The van der Waals surface area contributed by atoms with Gasteiger partial charge in [0, 0.05) is 40.1 Å². The third-order valence-corrected chi connectivity index (χ3v) is 8.43. The Bertz CT molecular complexity index is 2230. The van der Waals surface area contributed by atoms with Gasteiger partial charge in [0.2, 0.25) is 0 Å². The van der Waals surface area contributed by atoms with Gasteiger partial charge in [-0.25, -0.2) is 0 Å². The lowest BCUT2D eigenvalue weighted by Crippen LogP contribution is -2.15. The van der Waals surface area contributed by atoms with Gasteiger partial charge >= 0.3 is 7.40 Å². The van der Waals surface area contributed by atoms with Crippen LogP contribution in [-0.4, -0.2) is 17.6 Å². The SMILES string of the molecule is FB(F)n1cc2c(ccc3ccccc32)c1/C(=C1\N=C(Cc2ccccc2)c2c1ccc1ccccc21)c1ccccc1. The molecule has 0 unspecified atom stereocenters. The zero-order chi connectivity index (χ0) is 28.9. The Morgan fingerprint density at radius 1 is 0.605 bits per heavy atom. The largest absolute Gasteiger partial charge is 0.677 e. The van der Waals surface area contributed by atoms with Gasteiger partial charge in [0.05, 0.1) is 17.1 Å². The summed E-state index contributed by atoms with van der Waals surface area (Å²) >= 11 is 0. The zero-order valence-electron chi connectivity index (χ0n) is 23.2. The molecular weight excluding hydrogens is 533 g/mol. The predicted octanol–water partition coefficient (Wildman–Crippen LogP) is 9.68. The number of aromatic nitrogens is 1. The molecule has 204 valence electrons. The van der Waals surface area contributed by atoms with Crippen molar-refractivity contribution in [2.45, 2.75) is 6.42 Å². The minimum Gasteiger partial charge on any atom is -0.331 e. The summed E-state index contributed by atoms with van der Waals surface area (Å²) < 4.78 is 31.1. The highest BCUT2D eigenvalue weighted by Crippen LogP contribution is 2.44. The van der Waals surface area contributed by atoms with Crippen molar-refractivity contribution < 1.29 is 8.63 Å². The number of fused-ring (bicyclic) bond motifs is 6. The van der Waals surface area contributed by atoms with E-state index in [4.69, 9.17) is 4.99 Å². The van der Waals surface area contributed by atoms with E-state index < -0.39 is 7.40 Å². The molecule has 6 aromatic carbocycles. The molecule has 2 nitrogen and oxygen atoms in total. The van der Waals surface area contributed by atoms with Gasteiger partial charge in [-0.1, -0.05) is 133 Å².